The van der Waals surface area contributed by atoms with Crippen LogP contribution in [0.25, 0.3) is 0 Å². The fraction of sp³-hybridized carbons (Fsp3) is 0.684. The second-order valence-corrected chi connectivity index (χ2v) is 6.58. The van der Waals surface area contributed by atoms with E-state index in [1.807, 2.05) is 12.1 Å². The third kappa shape index (κ3) is 4.82. The van der Waals surface area contributed by atoms with E-state index in [4.69, 9.17) is 5.11 Å². The van der Waals surface area contributed by atoms with Crippen LogP contribution in [0, 0.1) is 5.92 Å². The van der Waals surface area contributed by atoms with E-state index in [1.165, 1.54) is 56.9 Å². The molecule has 1 atom stereocenters. The maximum Gasteiger partial charge on any atom is 0.102 e. The van der Waals surface area contributed by atoms with E-state index in [1.54, 1.807) is 0 Å². The van der Waals surface area contributed by atoms with Crippen molar-refractivity contribution in [1.82, 2.24) is 0 Å². The first-order valence-electron chi connectivity index (χ1n) is 8.63. The monoisotopic (exact) mass is 290 g/mol. The third-order valence-corrected chi connectivity index (χ3v) is 5.03. The lowest BCUT2D eigenvalue weighted by Gasteiger charge is -2.29. The van der Waals surface area contributed by atoms with Gasteiger partial charge in [-0.2, -0.15) is 0 Å². The Balaban J connectivity index is 1.82. The third-order valence-electron chi connectivity index (χ3n) is 5.03. The van der Waals surface area contributed by atoms with Gasteiger partial charge >= 0.3 is 0 Å². The Hall–Kier alpha value is -0.860. The maximum absolute atomic E-state index is 9.62. The number of benzene rings is 1. The van der Waals surface area contributed by atoms with Crippen LogP contribution in [0.2, 0.25) is 0 Å². The minimum Gasteiger partial charge on any atom is -0.393 e. The number of hydrogen-bond donors (Lipinski definition) is 2. The maximum atomic E-state index is 9.62. The molecule has 118 valence electrons. The molecule has 2 nitrogen and oxygen atoms in total. The van der Waals surface area contributed by atoms with Gasteiger partial charge in [-0.15, -0.1) is 0 Å². The van der Waals surface area contributed by atoms with Gasteiger partial charge in [0.2, 0.25) is 0 Å². The van der Waals surface area contributed by atoms with E-state index < -0.39 is 6.10 Å². The van der Waals surface area contributed by atoms with Crippen LogP contribution < -0.4 is 0 Å². The molecule has 21 heavy (non-hydrogen) atoms. The Labute approximate surface area is 129 Å². The van der Waals surface area contributed by atoms with Gasteiger partial charge in [-0.1, -0.05) is 56.9 Å². The summed E-state index contributed by atoms with van der Waals surface area (Å²) in [5.41, 5.74) is 2.21. The zero-order valence-electron chi connectivity index (χ0n) is 13.3. The Morgan fingerprint density at radius 2 is 1.71 bits per heavy atom. The SMILES string of the molecule is CCCCCC1CCC(c2ccc([C@H](O)CO)cc2)CC1. The number of hydrogen-bond acceptors (Lipinski definition) is 2. The van der Waals surface area contributed by atoms with E-state index in [0.717, 1.165) is 11.5 Å². The topological polar surface area (TPSA) is 40.5 Å². The molecule has 1 aliphatic rings. The predicted molar refractivity (Wildman–Crippen MR) is 87.3 cm³/mol. The highest BCUT2D eigenvalue weighted by atomic mass is 16.3. The zero-order chi connectivity index (χ0) is 15.1. The average molecular weight is 290 g/mol. The second-order valence-electron chi connectivity index (χ2n) is 6.58. The summed E-state index contributed by atoms with van der Waals surface area (Å²) < 4.78 is 0. The van der Waals surface area contributed by atoms with Crippen LogP contribution in [0.1, 0.15) is 81.4 Å². The van der Waals surface area contributed by atoms with Crippen molar-refractivity contribution < 1.29 is 10.2 Å². The summed E-state index contributed by atoms with van der Waals surface area (Å²) in [6, 6.07) is 8.19. The lowest BCUT2D eigenvalue weighted by molar-refractivity contribution is 0.0956. The molecule has 0 spiro atoms. The highest BCUT2D eigenvalue weighted by molar-refractivity contribution is 5.27. The van der Waals surface area contributed by atoms with Crippen LogP contribution in [0.4, 0.5) is 0 Å². The highest BCUT2D eigenvalue weighted by Crippen LogP contribution is 2.37. The van der Waals surface area contributed by atoms with E-state index in [2.05, 4.69) is 19.1 Å². The van der Waals surface area contributed by atoms with Gasteiger partial charge in [0, 0.05) is 0 Å². The molecule has 0 heterocycles. The van der Waals surface area contributed by atoms with Crippen LogP contribution in [-0.2, 0) is 0 Å². The largest absolute Gasteiger partial charge is 0.393 e. The van der Waals surface area contributed by atoms with Crippen molar-refractivity contribution in [3.63, 3.8) is 0 Å². The number of aliphatic hydroxyl groups is 2. The molecule has 0 aliphatic heterocycles. The quantitative estimate of drug-likeness (QED) is 0.722. The van der Waals surface area contributed by atoms with Gasteiger partial charge in [0.05, 0.1) is 6.61 Å². The highest BCUT2D eigenvalue weighted by Gasteiger charge is 2.22. The fourth-order valence-electron chi connectivity index (χ4n) is 3.56. The standard InChI is InChI=1S/C19H30O2/c1-2-3-4-5-15-6-8-16(9-7-15)17-10-12-18(13-11-17)19(21)14-20/h10-13,15-16,19-21H,2-9,14H2,1H3/t15?,16?,19-/m1/s1. The van der Waals surface area contributed by atoms with Crippen LogP contribution in [0.3, 0.4) is 0 Å². The normalized spacial score (nSPS) is 24.0. The van der Waals surface area contributed by atoms with Crippen molar-refractivity contribution in [2.75, 3.05) is 6.61 Å². The number of rotatable bonds is 7. The molecule has 1 aliphatic carbocycles. The van der Waals surface area contributed by atoms with Gasteiger partial charge in [0.25, 0.3) is 0 Å². The first kappa shape index (κ1) is 16.5. The van der Waals surface area contributed by atoms with Crippen molar-refractivity contribution in [2.45, 2.75) is 70.3 Å². The molecule has 1 fully saturated rings. The van der Waals surface area contributed by atoms with E-state index in [0.29, 0.717) is 5.92 Å². The summed E-state index contributed by atoms with van der Waals surface area (Å²) in [6.07, 6.45) is 10.1. The predicted octanol–water partition coefficient (Wildman–Crippen LogP) is 4.57. The summed E-state index contributed by atoms with van der Waals surface area (Å²) >= 11 is 0. The minimum atomic E-state index is -0.742. The Morgan fingerprint density at radius 1 is 1.05 bits per heavy atom. The molecule has 0 aromatic heterocycles. The summed E-state index contributed by atoms with van der Waals surface area (Å²) in [6.45, 7) is 2.07. The molecule has 1 saturated carbocycles. The molecule has 0 radical (unpaired) electrons. The number of unbranched alkanes of at least 4 members (excludes halogenated alkanes) is 2. The molecule has 2 rings (SSSR count). The molecule has 0 bridgehead atoms. The second kappa shape index (κ2) is 8.55. The van der Waals surface area contributed by atoms with Crippen LogP contribution in [-0.4, -0.2) is 16.8 Å². The van der Waals surface area contributed by atoms with Gasteiger partial charge in [0.1, 0.15) is 6.10 Å². The van der Waals surface area contributed by atoms with Gasteiger partial charge in [-0.05, 0) is 48.6 Å². The average Bonchev–Trinajstić information content (AvgIpc) is 2.55. The number of aliphatic hydroxyl groups excluding tert-OH is 2. The first-order valence-corrected chi connectivity index (χ1v) is 8.63. The van der Waals surface area contributed by atoms with Gasteiger partial charge < -0.3 is 10.2 Å². The van der Waals surface area contributed by atoms with E-state index in [-0.39, 0.29) is 6.61 Å². The molecule has 2 N–H and O–H groups in total. The van der Waals surface area contributed by atoms with Crippen molar-refractivity contribution >= 4 is 0 Å². The zero-order valence-corrected chi connectivity index (χ0v) is 13.3. The lowest BCUT2D eigenvalue weighted by atomic mass is 9.77. The molecule has 2 heteroatoms. The minimum absolute atomic E-state index is 0.206. The molecular formula is C19H30O2. The van der Waals surface area contributed by atoms with Gasteiger partial charge in [-0.25, -0.2) is 0 Å². The van der Waals surface area contributed by atoms with Crippen molar-refractivity contribution in [2.24, 2.45) is 5.92 Å². The summed E-state index contributed by atoms with van der Waals surface area (Å²) in [7, 11) is 0. The van der Waals surface area contributed by atoms with Crippen LogP contribution >= 0.6 is 0 Å². The van der Waals surface area contributed by atoms with E-state index >= 15 is 0 Å². The summed E-state index contributed by atoms with van der Waals surface area (Å²) in [5, 5.41) is 18.6. The first-order chi connectivity index (χ1) is 10.2. The molecule has 1 aromatic rings. The molecule has 1 aromatic carbocycles. The Kier molecular flexibility index (Phi) is 6.72. The fourth-order valence-corrected chi connectivity index (χ4v) is 3.56. The molecule has 0 unspecified atom stereocenters. The summed E-state index contributed by atoms with van der Waals surface area (Å²) in [5.74, 6) is 1.64. The lowest BCUT2D eigenvalue weighted by Crippen LogP contribution is -2.13. The molecular weight excluding hydrogens is 260 g/mol. The Morgan fingerprint density at radius 3 is 2.29 bits per heavy atom. The molecule has 0 saturated heterocycles. The van der Waals surface area contributed by atoms with E-state index in [9.17, 15) is 5.11 Å². The van der Waals surface area contributed by atoms with Gasteiger partial charge in [-0.3, -0.25) is 0 Å². The van der Waals surface area contributed by atoms with Gasteiger partial charge in [0.15, 0.2) is 0 Å². The summed E-state index contributed by atoms with van der Waals surface area (Å²) in [4.78, 5) is 0. The van der Waals surface area contributed by atoms with Crippen LogP contribution in [0.15, 0.2) is 24.3 Å². The van der Waals surface area contributed by atoms with Crippen LogP contribution in [0.5, 0.6) is 0 Å². The van der Waals surface area contributed by atoms with Crippen molar-refractivity contribution in [3.05, 3.63) is 35.4 Å². The smallest absolute Gasteiger partial charge is 0.102 e. The van der Waals surface area contributed by atoms with Crippen molar-refractivity contribution in [3.8, 4) is 0 Å². The Bertz CT molecular complexity index is 391. The molecule has 0 amide bonds. The van der Waals surface area contributed by atoms with Crippen molar-refractivity contribution in [1.29, 1.82) is 0 Å².